The second-order valence-corrected chi connectivity index (χ2v) is 5.14. The number of hydrogen-bond acceptors (Lipinski definition) is 4. The highest BCUT2D eigenvalue weighted by atomic mass is 19.1. The number of nitrogens with one attached hydrogen (secondary N) is 2. The van der Waals surface area contributed by atoms with Gasteiger partial charge in [0.05, 0.1) is 6.20 Å². The van der Waals surface area contributed by atoms with Crippen molar-refractivity contribution in [2.45, 2.75) is 6.42 Å². The first-order chi connectivity index (χ1) is 10.2. The molecule has 3 rings (SSSR count). The fourth-order valence-electron chi connectivity index (χ4n) is 2.52. The van der Waals surface area contributed by atoms with Gasteiger partial charge in [-0.3, -0.25) is 4.79 Å². The van der Waals surface area contributed by atoms with E-state index < -0.39 is 0 Å². The maximum atomic E-state index is 12.9. The van der Waals surface area contributed by atoms with E-state index in [1.165, 1.54) is 18.3 Å². The van der Waals surface area contributed by atoms with Crippen molar-refractivity contribution in [3.05, 3.63) is 42.0 Å². The normalized spacial score (nSPS) is 18.0. The Balaban J connectivity index is 1.51. The van der Waals surface area contributed by atoms with Crippen LogP contribution in [0.15, 0.2) is 30.5 Å². The lowest BCUT2D eigenvalue weighted by Crippen LogP contribution is -2.31. The van der Waals surface area contributed by atoms with Crippen LogP contribution in [-0.2, 0) is 0 Å². The molecule has 1 atom stereocenters. The quantitative estimate of drug-likeness (QED) is 0.887. The van der Waals surface area contributed by atoms with Gasteiger partial charge in [0, 0.05) is 25.3 Å². The topological polar surface area (TPSA) is 73.9 Å². The average molecular weight is 289 g/mol. The van der Waals surface area contributed by atoms with Gasteiger partial charge < -0.3 is 10.2 Å². The molecule has 0 radical (unpaired) electrons. The van der Waals surface area contributed by atoms with Gasteiger partial charge in [0.15, 0.2) is 5.69 Å². The number of anilines is 1. The number of carbonyl (C=O) groups excluding carboxylic acids is 1. The third-order valence-electron chi connectivity index (χ3n) is 3.68. The van der Waals surface area contributed by atoms with E-state index in [-0.39, 0.29) is 11.7 Å². The van der Waals surface area contributed by atoms with Crippen molar-refractivity contribution in [3.63, 3.8) is 0 Å². The molecule has 0 saturated carbocycles. The minimum absolute atomic E-state index is 0.219. The molecule has 1 saturated heterocycles. The van der Waals surface area contributed by atoms with Gasteiger partial charge in [-0.15, -0.1) is 0 Å². The molecule has 1 aromatic heterocycles. The number of benzene rings is 1. The van der Waals surface area contributed by atoms with E-state index in [1.807, 2.05) is 0 Å². The van der Waals surface area contributed by atoms with E-state index in [2.05, 4.69) is 25.6 Å². The van der Waals surface area contributed by atoms with Crippen molar-refractivity contribution < 1.29 is 9.18 Å². The highest BCUT2D eigenvalue weighted by Gasteiger charge is 2.23. The maximum Gasteiger partial charge on any atom is 0.273 e. The Bertz CT molecular complexity index is 598. The predicted molar refractivity (Wildman–Crippen MR) is 75.4 cm³/mol. The predicted octanol–water partition coefficient (Wildman–Crippen LogP) is 1.20. The summed E-state index contributed by atoms with van der Waals surface area (Å²) in [6.45, 7) is 2.37. The van der Waals surface area contributed by atoms with Crippen molar-refractivity contribution in [2.24, 2.45) is 5.92 Å². The standard InChI is InChI=1S/C14H16FN5O/c15-11-1-3-12(4-2-11)20-6-5-10(9-20)7-16-14(21)13-8-17-19-18-13/h1-4,8,10H,5-7,9H2,(H,16,21)(H,17,18,19)/t10-/m1/s1. The molecule has 1 aliphatic rings. The van der Waals surface area contributed by atoms with Crippen LogP contribution in [0.3, 0.4) is 0 Å². The van der Waals surface area contributed by atoms with Gasteiger partial charge in [-0.2, -0.15) is 15.4 Å². The molecule has 6 nitrogen and oxygen atoms in total. The van der Waals surface area contributed by atoms with Crippen molar-refractivity contribution in [2.75, 3.05) is 24.5 Å². The highest BCUT2D eigenvalue weighted by Crippen LogP contribution is 2.23. The first-order valence-corrected chi connectivity index (χ1v) is 6.87. The van der Waals surface area contributed by atoms with Gasteiger partial charge in [0.25, 0.3) is 5.91 Å². The van der Waals surface area contributed by atoms with Crippen molar-refractivity contribution in [3.8, 4) is 0 Å². The fraction of sp³-hybridized carbons (Fsp3) is 0.357. The summed E-state index contributed by atoms with van der Waals surface area (Å²) >= 11 is 0. The lowest BCUT2D eigenvalue weighted by Gasteiger charge is -2.18. The molecule has 2 heterocycles. The summed E-state index contributed by atoms with van der Waals surface area (Å²) < 4.78 is 12.9. The van der Waals surface area contributed by atoms with Crippen LogP contribution in [0.4, 0.5) is 10.1 Å². The summed E-state index contributed by atoms with van der Waals surface area (Å²) in [7, 11) is 0. The Morgan fingerprint density at radius 3 is 2.95 bits per heavy atom. The Morgan fingerprint density at radius 2 is 2.24 bits per heavy atom. The Labute approximate surface area is 121 Å². The van der Waals surface area contributed by atoms with E-state index in [9.17, 15) is 9.18 Å². The number of rotatable bonds is 4. The summed E-state index contributed by atoms with van der Waals surface area (Å²) in [6.07, 6.45) is 2.39. The van der Waals surface area contributed by atoms with Gasteiger partial charge in [-0.1, -0.05) is 0 Å². The Kier molecular flexibility index (Phi) is 3.81. The summed E-state index contributed by atoms with van der Waals surface area (Å²) in [5.41, 5.74) is 1.31. The van der Waals surface area contributed by atoms with E-state index in [0.717, 1.165) is 25.2 Å². The van der Waals surface area contributed by atoms with Gasteiger partial charge in [0.2, 0.25) is 0 Å². The van der Waals surface area contributed by atoms with Gasteiger partial charge in [0.1, 0.15) is 5.82 Å². The van der Waals surface area contributed by atoms with Crippen LogP contribution in [0.1, 0.15) is 16.9 Å². The number of aromatic nitrogens is 3. The van der Waals surface area contributed by atoms with Crippen LogP contribution in [0.25, 0.3) is 0 Å². The third kappa shape index (κ3) is 3.18. The van der Waals surface area contributed by atoms with Crippen molar-refractivity contribution >= 4 is 11.6 Å². The molecule has 21 heavy (non-hydrogen) atoms. The molecule has 2 N–H and O–H groups in total. The smallest absolute Gasteiger partial charge is 0.273 e. The molecule has 0 bridgehead atoms. The summed E-state index contributed by atoms with van der Waals surface area (Å²) in [6, 6.07) is 6.50. The molecule has 1 aromatic carbocycles. The molecule has 7 heteroatoms. The maximum absolute atomic E-state index is 12.9. The zero-order valence-corrected chi connectivity index (χ0v) is 11.4. The molecule has 1 amide bonds. The average Bonchev–Trinajstić information content (AvgIpc) is 3.17. The molecular formula is C14H16FN5O. The van der Waals surface area contributed by atoms with Gasteiger partial charge in [-0.05, 0) is 36.6 Å². The van der Waals surface area contributed by atoms with E-state index in [4.69, 9.17) is 0 Å². The molecule has 0 unspecified atom stereocenters. The van der Waals surface area contributed by atoms with Crippen LogP contribution >= 0.6 is 0 Å². The number of hydrogen-bond donors (Lipinski definition) is 2. The SMILES string of the molecule is O=C(NC[C@H]1CCN(c2ccc(F)cc2)C1)c1cn[nH]n1. The second kappa shape index (κ2) is 5.90. The lowest BCUT2D eigenvalue weighted by molar-refractivity contribution is 0.0943. The molecule has 1 fully saturated rings. The molecule has 0 aliphatic carbocycles. The molecule has 110 valence electrons. The number of H-pyrrole nitrogens is 1. The van der Waals surface area contributed by atoms with Gasteiger partial charge in [-0.25, -0.2) is 4.39 Å². The summed E-state index contributed by atoms with van der Waals surface area (Å²) in [5, 5.41) is 12.6. The second-order valence-electron chi connectivity index (χ2n) is 5.14. The highest BCUT2D eigenvalue weighted by molar-refractivity contribution is 5.91. The molecule has 1 aliphatic heterocycles. The lowest BCUT2D eigenvalue weighted by atomic mass is 10.1. The monoisotopic (exact) mass is 289 g/mol. The largest absolute Gasteiger partial charge is 0.371 e. The van der Waals surface area contributed by atoms with E-state index in [0.29, 0.717) is 18.2 Å². The molecule has 2 aromatic rings. The Morgan fingerprint density at radius 1 is 1.43 bits per heavy atom. The van der Waals surface area contributed by atoms with Crippen LogP contribution in [-0.4, -0.2) is 41.0 Å². The summed E-state index contributed by atoms with van der Waals surface area (Å²) in [5.74, 6) is -0.0655. The first-order valence-electron chi connectivity index (χ1n) is 6.87. The van der Waals surface area contributed by atoms with Gasteiger partial charge >= 0.3 is 0 Å². The number of amides is 1. The van der Waals surface area contributed by atoms with Crippen molar-refractivity contribution in [1.82, 2.24) is 20.7 Å². The summed E-state index contributed by atoms with van der Waals surface area (Å²) in [4.78, 5) is 14.0. The first kappa shape index (κ1) is 13.5. The zero-order valence-electron chi connectivity index (χ0n) is 11.4. The number of aromatic amines is 1. The van der Waals surface area contributed by atoms with Crippen LogP contribution < -0.4 is 10.2 Å². The number of nitrogens with zero attached hydrogens (tertiary/aromatic N) is 3. The number of halogens is 1. The van der Waals surface area contributed by atoms with E-state index >= 15 is 0 Å². The van der Waals surface area contributed by atoms with Crippen LogP contribution in [0.5, 0.6) is 0 Å². The van der Waals surface area contributed by atoms with Crippen LogP contribution in [0, 0.1) is 11.7 Å². The van der Waals surface area contributed by atoms with E-state index in [1.54, 1.807) is 12.1 Å². The third-order valence-corrected chi connectivity index (χ3v) is 3.68. The molecule has 0 spiro atoms. The number of carbonyl (C=O) groups is 1. The zero-order chi connectivity index (χ0) is 14.7. The minimum Gasteiger partial charge on any atom is -0.371 e. The Hall–Kier alpha value is -2.44. The molecular weight excluding hydrogens is 273 g/mol. The minimum atomic E-state index is -0.227. The fourth-order valence-corrected chi connectivity index (χ4v) is 2.52. The van der Waals surface area contributed by atoms with Crippen LogP contribution in [0.2, 0.25) is 0 Å². The van der Waals surface area contributed by atoms with Crippen molar-refractivity contribution in [1.29, 1.82) is 0 Å².